The zero-order valence-electron chi connectivity index (χ0n) is 10.6. The Hall–Kier alpha value is -1.33. The fourth-order valence-electron chi connectivity index (χ4n) is 2.16. The van der Waals surface area contributed by atoms with Crippen molar-refractivity contribution in [3.05, 3.63) is 24.2 Å². The molecule has 2 rings (SSSR count). The predicted octanol–water partition coefficient (Wildman–Crippen LogP) is 0.944. The summed E-state index contributed by atoms with van der Waals surface area (Å²) in [6.07, 6.45) is 2.20. The van der Waals surface area contributed by atoms with Gasteiger partial charge in [-0.3, -0.25) is 9.69 Å². The Morgan fingerprint density at radius 3 is 2.89 bits per heavy atom. The Morgan fingerprint density at radius 2 is 2.28 bits per heavy atom. The SMILES string of the molecule is COC(=O)C(Cc1ccco1)CN1CCOCC1. The Kier molecular flexibility index (Phi) is 4.78. The molecule has 0 aromatic carbocycles. The predicted molar refractivity (Wildman–Crippen MR) is 65.2 cm³/mol. The van der Waals surface area contributed by atoms with Gasteiger partial charge in [0.25, 0.3) is 0 Å². The van der Waals surface area contributed by atoms with E-state index in [-0.39, 0.29) is 11.9 Å². The molecule has 5 heteroatoms. The molecular formula is C13H19NO4. The van der Waals surface area contributed by atoms with Crippen LogP contribution in [0.1, 0.15) is 5.76 Å². The number of carbonyl (C=O) groups excluding carboxylic acids is 1. The van der Waals surface area contributed by atoms with Crippen LogP contribution in [0, 0.1) is 5.92 Å². The minimum absolute atomic E-state index is 0.181. The highest BCUT2D eigenvalue weighted by Gasteiger charge is 2.24. The van der Waals surface area contributed by atoms with Gasteiger partial charge in [0, 0.05) is 26.1 Å². The molecule has 1 aliphatic rings. The van der Waals surface area contributed by atoms with Gasteiger partial charge in [-0.05, 0) is 12.1 Å². The number of rotatable bonds is 5. The van der Waals surface area contributed by atoms with Gasteiger partial charge in [-0.1, -0.05) is 0 Å². The number of nitrogens with zero attached hydrogens (tertiary/aromatic N) is 1. The van der Waals surface area contributed by atoms with Crippen LogP contribution in [0.5, 0.6) is 0 Å². The smallest absolute Gasteiger partial charge is 0.310 e. The topological polar surface area (TPSA) is 51.9 Å². The lowest BCUT2D eigenvalue weighted by molar-refractivity contribution is -0.146. The molecule has 5 nitrogen and oxygen atoms in total. The minimum atomic E-state index is -0.183. The fraction of sp³-hybridized carbons (Fsp3) is 0.615. The average molecular weight is 253 g/mol. The van der Waals surface area contributed by atoms with Crippen LogP contribution in [-0.2, 0) is 20.7 Å². The summed E-state index contributed by atoms with van der Waals surface area (Å²) in [7, 11) is 1.43. The number of methoxy groups -OCH3 is 1. The number of hydrogen-bond acceptors (Lipinski definition) is 5. The molecule has 1 aromatic heterocycles. The van der Waals surface area contributed by atoms with Crippen molar-refractivity contribution >= 4 is 5.97 Å². The van der Waals surface area contributed by atoms with Gasteiger partial charge in [0.05, 0.1) is 32.5 Å². The second kappa shape index (κ2) is 6.56. The Labute approximate surface area is 107 Å². The van der Waals surface area contributed by atoms with Crippen molar-refractivity contribution in [1.82, 2.24) is 4.90 Å². The minimum Gasteiger partial charge on any atom is -0.469 e. The van der Waals surface area contributed by atoms with Crippen LogP contribution in [0.4, 0.5) is 0 Å². The molecule has 18 heavy (non-hydrogen) atoms. The standard InChI is InChI=1S/C13H19NO4/c1-16-13(15)11(9-12-3-2-6-18-12)10-14-4-7-17-8-5-14/h2-3,6,11H,4-5,7-10H2,1H3. The molecule has 1 unspecified atom stereocenters. The van der Waals surface area contributed by atoms with Crippen LogP contribution in [0.2, 0.25) is 0 Å². The van der Waals surface area contributed by atoms with Gasteiger partial charge in [0.1, 0.15) is 5.76 Å². The highest BCUT2D eigenvalue weighted by atomic mass is 16.5. The molecule has 1 aliphatic heterocycles. The summed E-state index contributed by atoms with van der Waals surface area (Å²) in [5.41, 5.74) is 0. The first-order chi connectivity index (χ1) is 8.79. The third-order valence-electron chi connectivity index (χ3n) is 3.14. The van der Waals surface area contributed by atoms with Gasteiger partial charge in [-0.25, -0.2) is 0 Å². The molecule has 1 aromatic rings. The number of esters is 1. The summed E-state index contributed by atoms with van der Waals surface area (Å²) in [6, 6.07) is 3.72. The maximum Gasteiger partial charge on any atom is 0.310 e. The Bertz CT molecular complexity index is 357. The van der Waals surface area contributed by atoms with E-state index in [9.17, 15) is 4.79 Å². The zero-order valence-corrected chi connectivity index (χ0v) is 10.6. The molecule has 0 saturated carbocycles. The fourth-order valence-corrected chi connectivity index (χ4v) is 2.16. The first-order valence-electron chi connectivity index (χ1n) is 6.20. The van der Waals surface area contributed by atoms with Crippen LogP contribution in [0.3, 0.4) is 0 Å². The van der Waals surface area contributed by atoms with Crippen LogP contribution in [-0.4, -0.2) is 50.8 Å². The zero-order chi connectivity index (χ0) is 12.8. The van der Waals surface area contributed by atoms with E-state index in [0.717, 1.165) is 32.1 Å². The van der Waals surface area contributed by atoms with E-state index in [1.165, 1.54) is 7.11 Å². The van der Waals surface area contributed by atoms with Crippen molar-refractivity contribution in [2.24, 2.45) is 5.92 Å². The Balaban J connectivity index is 1.93. The average Bonchev–Trinajstić information content (AvgIpc) is 2.91. The normalized spacial score (nSPS) is 18.5. The summed E-state index contributed by atoms with van der Waals surface area (Å²) in [5, 5.41) is 0. The van der Waals surface area contributed by atoms with E-state index in [1.807, 2.05) is 12.1 Å². The molecule has 0 N–H and O–H groups in total. The first kappa shape index (κ1) is 13.1. The number of carbonyl (C=O) groups is 1. The van der Waals surface area contributed by atoms with E-state index in [0.29, 0.717) is 13.0 Å². The van der Waals surface area contributed by atoms with E-state index in [2.05, 4.69) is 4.90 Å². The molecule has 1 fully saturated rings. The molecule has 0 amide bonds. The third-order valence-corrected chi connectivity index (χ3v) is 3.14. The molecule has 0 aliphatic carbocycles. The van der Waals surface area contributed by atoms with Crippen LogP contribution in [0.25, 0.3) is 0 Å². The molecule has 0 radical (unpaired) electrons. The molecule has 2 heterocycles. The van der Waals surface area contributed by atoms with E-state index in [1.54, 1.807) is 6.26 Å². The number of furan rings is 1. The van der Waals surface area contributed by atoms with Crippen molar-refractivity contribution < 1.29 is 18.7 Å². The second-order valence-electron chi connectivity index (χ2n) is 4.42. The van der Waals surface area contributed by atoms with Crippen molar-refractivity contribution in [3.8, 4) is 0 Å². The lowest BCUT2D eigenvalue weighted by atomic mass is 10.0. The maximum atomic E-state index is 11.8. The van der Waals surface area contributed by atoms with Gasteiger partial charge in [0.2, 0.25) is 0 Å². The molecule has 0 spiro atoms. The summed E-state index contributed by atoms with van der Waals surface area (Å²) < 4.78 is 15.5. The summed E-state index contributed by atoms with van der Waals surface area (Å²) >= 11 is 0. The van der Waals surface area contributed by atoms with Crippen molar-refractivity contribution in [2.45, 2.75) is 6.42 Å². The number of hydrogen-bond donors (Lipinski definition) is 0. The second-order valence-corrected chi connectivity index (χ2v) is 4.42. The quantitative estimate of drug-likeness (QED) is 0.731. The largest absolute Gasteiger partial charge is 0.469 e. The molecular weight excluding hydrogens is 234 g/mol. The summed E-state index contributed by atoms with van der Waals surface area (Å²) in [4.78, 5) is 14.0. The lowest BCUT2D eigenvalue weighted by Gasteiger charge is -2.29. The van der Waals surface area contributed by atoms with E-state index < -0.39 is 0 Å². The van der Waals surface area contributed by atoms with Gasteiger partial charge >= 0.3 is 5.97 Å². The monoisotopic (exact) mass is 253 g/mol. The summed E-state index contributed by atoms with van der Waals surface area (Å²) in [5.74, 6) is 0.454. The van der Waals surface area contributed by atoms with Gasteiger partial charge in [0.15, 0.2) is 0 Å². The highest BCUT2D eigenvalue weighted by Crippen LogP contribution is 2.13. The molecule has 1 saturated heterocycles. The van der Waals surface area contributed by atoms with Crippen LogP contribution < -0.4 is 0 Å². The molecule has 0 bridgehead atoms. The number of ether oxygens (including phenoxy) is 2. The van der Waals surface area contributed by atoms with Crippen molar-refractivity contribution in [3.63, 3.8) is 0 Å². The maximum absolute atomic E-state index is 11.8. The van der Waals surface area contributed by atoms with Crippen molar-refractivity contribution in [1.29, 1.82) is 0 Å². The van der Waals surface area contributed by atoms with Gasteiger partial charge < -0.3 is 13.9 Å². The Morgan fingerprint density at radius 1 is 1.50 bits per heavy atom. The molecule has 100 valence electrons. The van der Waals surface area contributed by atoms with Crippen LogP contribution in [0.15, 0.2) is 22.8 Å². The van der Waals surface area contributed by atoms with Gasteiger partial charge in [-0.15, -0.1) is 0 Å². The van der Waals surface area contributed by atoms with Crippen LogP contribution >= 0.6 is 0 Å². The van der Waals surface area contributed by atoms with E-state index >= 15 is 0 Å². The van der Waals surface area contributed by atoms with E-state index in [4.69, 9.17) is 13.9 Å². The number of morpholine rings is 1. The summed E-state index contributed by atoms with van der Waals surface area (Å²) in [6.45, 7) is 3.89. The first-order valence-corrected chi connectivity index (χ1v) is 6.20. The lowest BCUT2D eigenvalue weighted by Crippen LogP contribution is -2.41. The van der Waals surface area contributed by atoms with Gasteiger partial charge in [-0.2, -0.15) is 0 Å². The third kappa shape index (κ3) is 3.58. The highest BCUT2D eigenvalue weighted by molar-refractivity contribution is 5.72. The van der Waals surface area contributed by atoms with Crippen molar-refractivity contribution in [2.75, 3.05) is 40.0 Å². The molecule has 1 atom stereocenters.